The van der Waals surface area contributed by atoms with Crippen molar-refractivity contribution in [2.24, 2.45) is 0 Å². The van der Waals surface area contributed by atoms with Gasteiger partial charge in [0.25, 0.3) is 0 Å². The molecule has 1 aromatic heterocycles. The van der Waals surface area contributed by atoms with Crippen molar-refractivity contribution in [1.29, 1.82) is 0 Å². The van der Waals surface area contributed by atoms with Gasteiger partial charge in [0.1, 0.15) is 5.82 Å². The minimum atomic E-state index is -0.274. The number of benzene rings is 1. The lowest BCUT2D eigenvalue weighted by Crippen LogP contribution is -1.99. The highest BCUT2D eigenvalue weighted by Crippen LogP contribution is 2.28. The van der Waals surface area contributed by atoms with Crippen LogP contribution >= 0.6 is 22.6 Å². The number of anilines is 1. The fourth-order valence-corrected chi connectivity index (χ4v) is 2.24. The van der Waals surface area contributed by atoms with Crippen LogP contribution < -0.4 is 5.73 Å². The van der Waals surface area contributed by atoms with Gasteiger partial charge in [-0.15, -0.1) is 0 Å². The summed E-state index contributed by atoms with van der Waals surface area (Å²) < 4.78 is 14.0. The zero-order valence-electron chi connectivity index (χ0n) is 8.44. The van der Waals surface area contributed by atoms with E-state index in [1.807, 2.05) is 13.8 Å². The van der Waals surface area contributed by atoms with Crippen molar-refractivity contribution in [2.45, 2.75) is 13.8 Å². The number of hydrogen-bond donors (Lipinski definition) is 1. The second kappa shape index (κ2) is 3.59. The predicted molar refractivity (Wildman–Crippen MR) is 68.3 cm³/mol. The van der Waals surface area contributed by atoms with Crippen LogP contribution in [0.25, 0.3) is 10.9 Å². The minimum absolute atomic E-state index is 0.274. The summed E-state index contributed by atoms with van der Waals surface area (Å²) in [4.78, 5) is 4.42. The molecule has 0 radical (unpaired) electrons. The molecule has 0 amide bonds. The number of nitrogens with zero attached hydrogens (tertiary/aromatic N) is 1. The Labute approximate surface area is 101 Å². The van der Waals surface area contributed by atoms with Gasteiger partial charge in [-0.2, -0.15) is 0 Å². The number of aromatic nitrogens is 1. The Kier molecular flexibility index (Phi) is 2.54. The van der Waals surface area contributed by atoms with Crippen molar-refractivity contribution in [2.75, 3.05) is 5.73 Å². The molecule has 0 aliphatic rings. The highest BCUT2D eigenvalue weighted by atomic mass is 127. The van der Waals surface area contributed by atoms with Crippen LogP contribution in [0.1, 0.15) is 11.3 Å². The average Bonchev–Trinajstić information content (AvgIpc) is 2.17. The van der Waals surface area contributed by atoms with Crippen LogP contribution in [0.15, 0.2) is 12.1 Å². The topological polar surface area (TPSA) is 38.9 Å². The zero-order chi connectivity index (χ0) is 11.2. The molecule has 78 valence electrons. The van der Waals surface area contributed by atoms with Gasteiger partial charge < -0.3 is 5.73 Å². The fourth-order valence-electron chi connectivity index (χ4n) is 1.53. The van der Waals surface area contributed by atoms with Gasteiger partial charge in [0, 0.05) is 20.3 Å². The summed E-state index contributed by atoms with van der Waals surface area (Å²) in [5.74, 6) is -0.274. The third-order valence-electron chi connectivity index (χ3n) is 2.54. The van der Waals surface area contributed by atoms with Crippen molar-refractivity contribution in [1.82, 2.24) is 4.98 Å². The summed E-state index contributed by atoms with van der Waals surface area (Å²) in [6.07, 6.45) is 0. The second-order valence-electron chi connectivity index (χ2n) is 3.52. The molecule has 2 rings (SSSR count). The maximum atomic E-state index is 13.2. The largest absolute Gasteiger partial charge is 0.398 e. The molecule has 0 spiro atoms. The summed E-state index contributed by atoms with van der Waals surface area (Å²) in [7, 11) is 0. The van der Waals surface area contributed by atoms with Crippen molar-refractivity contribution >= 4 is 39.2 Å². The molecule has 4 heteroatoms. The molecule has 0 saturated heterocycles. The summed E-state index contributed by atoms with van der Waals surface area (Å²) in [6, 6.07) is 2.90. The van der Waals surface area contributed by atoms with Crippen molar-refractivity contribution in [3.8, 4) is 0 Å². The van der Waals surface area contributed by atoms with Crippen molar-refractivity contribution < 1.29 is 4.39 Å². The molecule has 2 nitrogen and oxygen atoms in total. The predicted octanol–water partition coefficient (Wildman–Crippen LogP) is 3.18. The van der Waals surface area contributed by atoms with E-state index in [4.69, 9.17) is 5.73 Å². The van der Waals surface area contributed by atoms with E-state index < -0.39 is 0 Å². The third kappa shape index (κ3) is 1.67. The fraction of sp³-hybridized carbons (Fsp3) is 0.182. The monoisotopic (exact) mass is 316 g/mol. The van der Waals surface area contributed by atoms with E-state index in [2.05, 4.69) is 27.6 Å². The first kappa shape index (κ1) is 10.6. The Morgan fingerprint density at radius 1 is 1.33 bits per heavy atom. The number of pyridine rings is 1. The third-order valence-corrected chi connectivity index (χ3v) is 3.37. The summed E-state index contributed by atoms with van der Waals surface area (Å²) in [5, 5.41) is 0.697. The van der Waals surface area contributed by atoms with Crippen LogP contribution in [0.4, 0.5) is 10.1 Å². The highest BCUT2D eigenvalue weighted by Gasteiger charge is 2.10. The summed E-state index contributed by atoms with van der Waals surface area (Å²) in [5.41, 5.74) is 9.16. The van der Waals surface area contributed by atoms with E-state index in [1.54, 1.807) is 0 Å². The second-order valence-corrected chi connectivity index (χ2v) is 4.68. The average molecular weight is 316 g/mol. The molecule has 0 saturated carbocycles. The molecule has 2 N–H and O–H groups in total. The van der Waals surface area contributed by atoms with Crippen LogP contribution in [0.3, 0.4) is 0 Å². The number of rotatable bonds is 0. The Bertz CT molecular complexity index is 552. The normalized spacial score (nSPS) is 10.9. The Morgan fingerprint density at radius 2 is 2.00 bits per heavy atom. The van der Waals surface area contributed by atoms with Gasteiger partial charge in [0.05, 0.1) is 5.52 Å². The lowest BCUT2D eigenvalue weighted by atomic mass is 10.1. The Morgan fingerprint density at radius 3 is 2.67 bits per heavy atom. The molecular formula is C11H10FIN2. The maximum absolute atomic E-state index is 13.2. The molecule has 2 aromatic rings. The lowest BCUT2D eigenvalue weighted by molar-refractivity contribution is 0.628. The van der Waals surface area contributed by atoms with Gasteiger partial charge in [-0.05, 0) is 54.1 Å². The first-order valence-corrected chi connectivity index (χ1v) is 5.60. The maximum Gasteiger partial charge on any atom is 0.125 e. The van der Waals surface area contributed by atoms with Crippen LogP contribution in [0.5, 0.6) is 0 Å². The molecule has 1 heterocycles. The summed E-state index contributed by atoms with van der Waals surface area (Å²) >= 11 is 2.07. The number of nitrogen functional groups attached to an aromatic ring is 1. The molecule has 0 aliphatic heterocycles. The quantitative estimate of drug-likeness (QED) is 0.758. The first-order valence-electron chi connectivity index (χ1n) is 4.52. The minimum Gasteiger partial charge on any atom is -0.398 e. The van der Waals surface area contributed by atoms with Crippen LogP contribution in [-0.4, -0.2) is 4.98 Å². The van der Waals surface area contributed by atoms with Crippen LogP contribution in [0.2, 0.25) is 0 Å². The standard InChI is InChI=1S/C11H10FIN2/c1-5-6(2)15-11-8(10(5)14)3-7(12)4-9(11)13/h3-4H,1-2H3,(H2,14,15). The van der Waals surface area contributed by atoms with Gasteiger partial charge in [0.2, 0.25) is 0 Å². The van der Waals surface area contributed by atoms with Gasteiger partial charge in [-0.25, -0.2) is 4.39 Å². The Hall–Kier alpha value is -0.910. The van der Waals surface area contributed by atoms with Crippen molar-refractivity contribution in [3.63, 3.8) is 0 Å². The van der Waals surface area contributed by atoms with E-state index in [0.29, 0.717) is 11.1 Å². The SMILES string of the molecule is Cc1nc2c(I)cc(F)cc2c(N)c1C. The number of fused-ring (bicyclic) bond motifs is 1. The van der Waals surface area contributed by atoms with E-state index >= 15 is 0 Å². The number of hydrogen-bond acceptors (Lipinski definition) is 2. The number of aryl methyl sites for hydroxylation is 1. The van der Waals surface area contributed by atoms with Crippen LogP contribution in [0, 0.1) is 23.2 Å². The lowest BCUT2D eigenvalue weighted by Gasteiger charge is -2.09. The zero-order valence-corrected chi connectivity index (χ0v) is 10.6. The molecule has 15 heavy (non-hydrogen) atoms. The van der Waals surface area contributed by atoms with E-state index in [1.165, 1.54) is 12.1 Å². The van der Waals surface area contributed by atoms with Gasteiger partial charge in [-0.3, -0.25) is 4.98 Å². The summed E-state index contributed by atoms with van der Waals surface area (Å²) in [6.45, 7) is 3.81. The number of nitrogens with two attached hydrogens (primary N) is 1. The van der Waals surface area contributed by atoms with E-state index in [9.17, 15) is 4.39 Å². The van der Waals surface area contributed by atoms with Gasteiger partial charge in [0.15, 0.2) is 0 Å². The molecule has 0 atom stereocenters. The van der Waals surface area contributed by atoms with Gasteiger partial charge in [-0.1, -0.05) is 0 Å². The van der Waals surface area contributed by atoms with Crippen LogP contribution in [-0.2, 0) is 0 Å². The smallest absolute Gasteiger partial charge is 0.125 e. The molecule has 0 bridgehead atoms. The van der Waals surface area contributed by atoms with E-state index in [-0.39, 0.29) is 5.82 Å². The molecular weight excluding hydrogens is 306 g/mol. The molecule has 0 unspecified atom stereocenters. The molecule has 1 aromatic carbocycles. The first-order chi connectivity index (χ1) is 7.00. The number of halogens is 2. The Balaban J connectivity index is 2.98. The molecule has 0 aliphatic carbocycles. The van der Waals surface area contributed by atoms with E-state index in [0.717, 1.165) is 20.3 Å². The highest BCUT2D eigenvalue weighted by molar-refractivity contribution is 14.1. The molecule has 0 fully saturated rings. The van der Waals surface area contributed by atoms with Crippen molar-refractivity contribution in [3.05, 3.63) is 32.8 Å². The van der Waals surface area contributed by atoms with Gasteiger partial charge >= 0.3 is 0 Å².